The summed E-state index contributed by atoms with van der Waals surface area (Å²) in [5, 5.41) is 3.40. The molecule has 0 aromatic heterocycles. The molecule has 0 aromatic carbocycles. The summed E-state index contributed by atoms with van der Waals surface area (Å²) in [5.41, 5.74) is 0. The molecular weight excluding hydrogens is 174 g/mol. The summed E-state index contributed by atoms with van der Waals surface area (Å²) in [4.78, 5) is 11.2. The molecule has 1 fully saturated rings. The zero-order valence-electron chi connectivity index (χ0n) is 9.35. The topological polar surface area (TPSA) is 29.1 Å². The maximum absolute atomic E-state index is 11.2. The number of hydrogen-bond donors (Lipinski definition) is 1. The Balaban J connectivity index is 1.97. The van der Waals surface area contributed by atoms with Gasteiger partial charge in [-0.15, -0.1) is 0 Å². The molecule has 0 bridgehead atoms. The summed E-state index contributed by atoms with van der Waals surface area (Å²) in [5.74, 6) is 1.18. The highest BCUT2D eigenvalue weighted by molar-refractivity contribution is 5.79. The van der Waals surface area contributed by atoms with E-state index in [1.165, 1.54) is 25.7 Å². The van der Waals surface area contributed by atoms with E-state index < -0.39 is 0 Å². The monoisotopic (exact) mass is 197 g/mol. The van der Waals surface area contributed by atoms with Gasteiger partial charge in [0.1, 0.15) is 5.78 Å². The van der Waals surface area contributed by atoms with E-state index in [2.05, 4.69) is 12.2 Å². The summed E-state index contributed by atoms with van der Waals surface area (Å²) < 4.78 is 0. The van der Waals surface area contributed by atoms with Crippen molar-refractivity contribution in [2.45, 2.75) is 51.9 Å². The molecule has 2 heteroatoms. The molecule has 1 rings (SSSR count). The highest BCUT2D eigenvalue weighted by atomic mass is 16.1. The fourth-order valence-corrected chi connectivity index (χ4v) is 2.18. The minimum absolute atomic E-state index is 0.489. The predicted octanol–water partition coefficient (Wildman–Crippen LogP) is 2.53. The van der Waals surface area contributed by atoms with Gasteiger partial charge in [0, 0.05) is 12.8 Å². The lowest BCUT2D eigenvalue weighted by Gasteiger charge is -2.20. The van der Waals surface area contributed by atoms with Crippen LogP contribution in [-0.4, -0.2) is 18.9 Å². The van der Waals surface area contributed by atoms with Gasteiger partial charge in [-0.2, -0.15) is 0 Å². The van der Waals surface area contributed by atoms with Crippen LogP contribution in [0.15, 0.2) is 0 Å². The lowest BCUT2D eigenvalue weighted by molar-refractivity contribution is -0.121. The zero-order chi connectivity index (χ0) is 10.2. The van der Waals surface area contributed by atoms with Crippen molar-refractivity contribution < 1.29 is 4.79 Å². The van der Waals surface area contributed by atoms with Crippen molar-refractivity contribution in [3.8, 4) is 0 Å². The molecule has 1 N–H and O–H groups in total. The van der Waals surface area contributed by atoms with E-state index in [-0.39, 0.29) is 0 Å². The Labute approximate surface area is 87.5 Å². The van der Waals surface area contributed by atoms with Crippen LogP contribution < -0.4 is 5.32 Å². The Morgan fingerprint density at radius 1 is 1.43 bits per heavy atom. The first kappa shape index (κ1) is 11.7. The number of Topliss-reactive ketones (excluding diaryl/α,β-unsaturated/α-hetero) is 1. The second kappa shape index (κ2) is 6.99. The minimum atomic E-state index is 0.489. The molecule has 0 aromatic rings. The third kappa shape index (κ3) is 4.75. The number of carbonyl (C=O) groups is 1. The van der Waals surface area contributed by atoms with Crippen LogP contribution in [0, 0.1) is 5.92 Å². The molecule has 0 saturated heterocycles. The fourth-order valence-electron chi connectivity index (χ4n) is 2.18. The highest BCUT2D eigenvalue weighted by Crippen LogP contribution is 2.24. The van der Waals surface area contributed by atoms with Gasteiger partial charge in [0.15, 0.2) is 0 Å². The Morgan fingerprint density at radius 3 is 3.00 bits per heavy atom. The average Bonchev–Trinajstić information content (AvgIpc) is 2.18. The average molecular weight is 197 g/mol. The van der Waals surface area contributed by atoms with Crippen molar-refractivity contribution in [2.75, 3.05) is 13.1 Å². The lowest BCUT2D eigenvalue weighted by atomic mass is 9.85. The number of carbonyl (C=O) groups excluding carboxylic acids is 1. The number of rotatable bonds is 6. The van der Waals surface area contributed by atoms with Crippen LogP contribution in [0.25, 0.3) is 0 Å². The standard InChI is InChI=1S/C12H23NO/c1-2-8-13-9-4-6-11-5-3-7-12(14)10-11/h11,13H,2-10H2,1H3. The summed E-state index contributed by atoms with van der Waals surface area (Å²) in [6.07, 6.45) is 7.78. The van der Waals surface area contributed by atoms with Gasteiger partial charge in [-0.25, -0.2) is 0 Å². The molecule has 1 aliphatic rings. The van der Waals surface area contributed by atoms with E-state index >= 15 is 0 Å². The molecule has 1 atom stereocenters. The Kier molecular flexibility index (Phi) is 5.85. The molecule has 1 aliphatic carbocycles. The van der Waals surface area contributed by atoms with E-state index in [0.29, 0.717) is 11.7 Å². The second-order valence-corrected chi connectivity index (χ2v) is 4.39. The van der Waals surface area contributed by atoms with Crippen molar-refractivity contribution in [3.63, 3.8) is 0 Å². The zero-order valence-corrected chi connectivity index (χ0v) is 9.35. The first-order valence-corrected chi connectivity index (χ1v) is 6.05. The number of nitrogens with one attached hydrogen (secondary N) is 1. The Bertz CT molecular complexity index is 168. The molecule has 0 amide bonds. The third-order valence-electron chi connectivity index (χ3n) is 2.98. The van der Waals surface area contributed by atoms with E-state index in [4.69, 9.17) is 0 Å². The van der Waals surface area contributed by atoms with E-state index in [9.17, 15) is 4.79 Å². The number of hydrogen-bond acceptors (Lipinski definition) is 2. The van der Waals surface area contributed by atoms with Crippen molar-refractivity contribution in [2.24, 2.45) is 5.92 Å². The van der Waals surface area contributed by atoms with Gasteiger partial charge >= 0.3 is 0 Å². The second-order valence-electron chi connectivity index (χ2n) is 4.39. The van der Waals surface area contributed by atoms with Gasteiger partial charge in [0.2, 0.25) is 0 Å². The van der Waals surface area contributed by atoms with Crippen LogP contribution in [0.1, 0.15) is 51.9 Å². The molecule has 0 spiro atoms. The van der Waals surface area contributed by atoms with Gasteiger partial charge in [-0.1, -0.05) is 6.92 Å². The van der Waals surface area contributed by atoms with Gasteiger partial charge in [-0.3, -0.25) is 4.79 Å². The minimum Gasteiger partial charge on any atom is -0.317 e. The SMILES string of the molecule is CCCNCCCC1CCCC(=O)C1. The van der Waals surface area contributed by atoms with Crippen molar-refractivity contribution in [3.05, 3.63) is 0 Å². The summed E-state index contributed by atoms with van der Waals surface area (Å²) in [6, 6.07) is 0. The summed E-state index contributed by atoms with van der Waals surface area (Å²) in [7, 11) is 0. The van der Waals surface area contributed by atoms with Crippen LogP contribution in [-0.2, 0) is 4.79 Å². The van der Waals surface area contributed by atoms with Gasteiger partial charge in [-0.05, 0) is 51.1 Å². The summed E-state index contributed by atoms with van der Waals surface area (Å²) in [6.45, 7) is 4.44. The molecule has 1 unspecified atom stereocenters. The lowest BCUT2D eigenvalue weighted by Crippen LogP contribution is -2.19. The van der Waals surface area contributed by atoms with Crippen molar-refractivity contribution in [1.82, 2.24) is 5.32 Å². The maximum Gasteiger partial charge on any atom is 0.133 e. The van der Waals surface area contributed by atoms with Crippen LogP contribution in [0.3, 0.4) is 0 Å². The van der Waals surface area contributed by atoms with Gasteiger partial charge in [0.25, 0.3) is 0 Å². The van der Waals surface area contributed by atoms with Gasteiger partial charge < -0.3 is 5.32 Å². The normalized spacial score (nSPS) is 22.6. The van der Waals surface area contributed by atoms with E-state index in [1.54, 1.807) is 0 Å². The largest absolute Gasteiger partial charge is 0.317 e. The third-order valence-corrected chi connectivity index (χ3v) is 2.98. The number of ketones is 1. The predicted molar refractivity (Wildman–Crippen MR) is 59.4 cm³/mol. The van der Waals surface area contributed by atoms with Crippen LogP contribution >= 0.6 is 0 Å². The smallest absolute Gasteiger partial charge is 0.133 e. The Hall–Kier alpha value is -0.370. The quantitative estimate of drug-likeness (QED) is 0.663. The molecule has 0 aliphatic heterocycles. The van der Waals surface area contributed by atoms with Crippen LogP contribution in [0.2, 0.25) is 0 Å². The molecule has 14 heavy (non-hydrogen) atoms. The molecule has 2 nitrogen and oxygen atoms in total. The van der Waals surface area contributed by atoms with Crippen molar-refractivity contribution >= 4 is 5.78 Å². The highest BCUT2D eigenvalue weighted by Gasteiger charge is 2.18. The molecule has 0 heterocycles. The molecule has 82 valence electrons. The van der Waals surface area contributed by atoms with Crippen LogP contribution in [0.4, 0.5) is 0 Å². The van der Waals surface area contributed by atoms with E-state index in [1.807, 2.05) is 0 Å². The van der Waals surface area contributed by atoms with E-state index in [0.717, 1.165) is 32.4 Å². The fraction of sp³-hybridized carbons (Fsp3) is 0.917. The molecule has 0 radical (unpaired) electrons. The first-order valence-electron chi connectivity index (χ1n) is 6.05. The Morgan fingerprint density at radius 2 is 2.29 bits per heavy atom. The summed E-state index contributed by atoms with van der Waals surface area (Å²) >= 11 is 0. The van der Waals surface area contributed by atoms with Crippen molar-refractivity contribution in [1.29, 1.82) is 0 Å². The van der Waals surface area contributed by atoms with Crippen LogP contribution in [0.5, 0.6) is 0 Å². The maximum atomic E-state index is 11.2. The molecular formula is C12H23NO. The van der Waals surface area contributed by atoms with Gasteiger partial charge in [0.05, 0.1) is 0 Å². The first-order chi connectivity index (χ1) is 6.83. The molecule has 1 saturated carbocycles.